The van der Waals surface area contributed by atoms with Crippen LogP contribution in [0.25, 0.3) is 0 Å². The smallest absolute Gasteiger partial charge is 0.460 e. The molecule has 0 aromatic carbocycles. The molecule has 32 atom stereocenters. The van der Waals surface area contributed by atoms with E-state index in [4.69, 9.17) is 4.74 Å². The summed E-state index contributed by atoms with van der Waals surface area (Å²) in [5.74, 6) is -10.9. The fraction of sp³-hybridized carbons (Fsp3) is 0.726. The van der Waals surface area contributed by atoms with Crippen LogP contribution in [0.1, 0.15) is 51.4 Å². The van der Waals surface area contributed by atoms with Crippen molar-refractivity contribution < 1.29 is 49.0 Å². The summed E-state index contributed by atoms with van der Waals surface area (Å²) in [4.78, 5) is 13.2. The Balaban J connectivity index is 0.887. The average molecular weight is 1060 g/mol. The number of ether oxygens (including phenoxy) is 1. The van der Waals surface area contributed by atoms with Gasteiger partial charge in [-0.2, -0.15) is 60.6 Å². The van der Waals surface area contributed by atoms with Gasteiger partial charge in [0.05, 0.1) is 13.0 Å². The van der Waals surface area contributed by atoms with Gasteiger partial charge in [0.1, 0.15) is 35.4 Å². The number of halogens is 9. The molecule has 398 valence electrons. The summed E-state index contributed by atoms with van der Waals surface area (Å²) in [5.41, 5.74) is -0.739. The second kappa shape index (κ2) is 13.7. The normalized spacial score (nSPS) is 55.4. The first kappa shape index (κ1) is 46.0. The summed E-state index contributed by atoms with van der Waals surface area (Å²) in [7, 11) is 1.27. The van der Waals surface area contributed by atoms with E-state index in [2.05, 4.69) is 24.3 Å². The summed E-state index contributed by atoms with van der Waals surface area (Å²) in [5, 5.41) is 42.4. The van der Waals surface area contributed by atoms with Gasteiger partial charge in [0.25, 0.3) is 0 Å². The molecule has 0 bridgehead atoms. The van der Waals surface area contributed by atoms with Crippen molar-refractivity contribution in [2.45, 2.75) is 75.3 Å². The summed E-state index contributed by atoms with van der Waals surface area (Å²) >= 11 is 0. The number of hydrogen-bond acceptors (Lipinski definition) is 6. The van der Waals surface area contributed by atoms with E-state index in [0.29, 0.717) is 112 Å². The third-order valence-corrected chi connectivity index (χ3v) is 28.3. The van der Waals surface area contributed by atoms with E-state index in [-0.39, 0.29) is 60.3 Å². The van der Waals surface area contributed by atoms with Gasteiger partial charge in [0, 0.05) is 11.8 Å². The summed E-state index contributed by atoms with van der Waals surface area (Å²) in [6.45, 7) is 0. The van der Waals surface area contributed by atoms with Crippen LogP contribution in [-0.4, -0.2) is 37.0 Å². The zero-order valence-corrected chi connectivity index (χ0v) is 41.9. The zero-order chi connectivity index (χ0) is 52.7. The van der Waals surface area contributed by atoms with Gasteiger partial charge in [-0.1, -0.05) is 41.5 Å². The van der Waals surface area contributed by atoms with Crippen LogP contribution in [0.5, 0.6) is 0 Å². The Hall–Kier alpha value is -4.76. The van der Waals surface area contributed by atoms with Gasteiger partial charge in [0.15, 0.2) is 0 Å². The van der Waals surface area contributed by atoms with Crippen LogP contribution in [0.2, 0.25) is 0 Å². The van der Waals surface area contributed by atoms with Gasteiger partial charge >= 0.3 is 29.9 Å². The first-order chi connectivity index (χ1) is 36.9. The number of allylic oxidation sites excluding steroid dienone is 12. The van der Waals surface area contributed by atoms with Crippen molar-refractivity contribution in [3.8, 4) is 24.3 Å². The quantitative estimate of drug-likeness (QED) is 0.103. The molecule has 13 saturated carbocycles. The number of nitriles is 4. The number of carbonyl (C=O) groups excluding carboxylic acids is 1. The lowest BCUT2D eigenvalue weighted by atomic mass is 9.43. The number of alkyl halides is 9. The Morgan fingerprint density at radius 2 is 1.04 bits per heavy atom. The molecular weight excluding hydrogens is 1000 g/mol. The van der Waals surface area contributed by atoms with Crippen LogP contribution in [0.3, 0.4) is 0 Å². The number of rotatable bonds is 8. The Morgan fingerprint density at radius 1 is 0.558 bits per heavy atom. The molecule has 18 rings (SSSR count). The summed E-state index contributed by atoms with van der Waals surface area (Å²) < 4.78 is 142. The first-order valence-corrected chi connectivity index (χ1v) is 29.1. The number of fused-ring (bicyclic) bond motifs is 8. The van der Waals surface area contributed by atoms with Crippen molar-refractivity contribution in [2.24, 2.45) is 189 Å². The van der Waals surface area contributed by atoms with E-state index >= 15 is 17.6 Å². The zero-order valence-electron chi connectivity index (χ0n) is 41.9. The Morgan fingerprint density at radius 3 is 1.66 bits per heavy atom. The third kappa shape index (κ3) is 4.44. The fourth-order valence-electron chi connectivity index (χ4n) is 28.3. The van der Waals surface area contributed by atoms with Crippen molar-refractivity contribution in [1.82, 2.24) is 0 Å². The Kier molecular flexibility index (Phi) is 8.18. The van der Waals surface area contributed by atoms with Crippen LogP contribution in [0.15, 0.2) is 69.4 Å². The highest BCUT2D eigenvalue weighted by Crippen LogP contribution is 2.95. The minimum atomic E-state index is -7.27. The molecular formula is C62H55F9N4O2. The van der Waals surface area contributed by atoms with E-state index in [1.54, 1.807) is 12.1 Å². The molecule has 18 aliphatic rings. The molecule has 0 aliphatic heterocycles. The molecule has 77 heavy (non-hydrogen) atoms. The number of nitrogens with zero attached hydrogens (tertiary/aromatic N) is 4. The molecule has 13 fully saturated rings. The molecule has 0 amide bonds. The van der Waals surface area contributed by atoms with E-state index in [1.165, 1.54) is 32.1 Å². The topological polar surface area (TPSA) is 121 Å². The molecule has 32 unspecified atom stereocenters. The fourth-order valence-corrected chi connectivity index (χ4v) is 28.3. The van der Waals surface area contributed by atoms with E-state index in [0.717, 1.165) is 48.5 Å². The van der Waals surface area contributed by atoms with Gasteiger partial charge < -0.3 is 4.74 Å². The molecule has 18 aliphatic carbocycles. The van der Waals surface area contributed by atoms with Gasteiger partial charge in [-0.15, -0.1) is 0 Å². The van der Waals surface area contributed by atoms with Gasteiger partial charge in [0.2, 0.25) is 0 Å². The van der Waals surface area contributed by atoms with Crippen molar-refractivity contribution in [2.75, 3.05) is 7.11 Å². The van der Waals surface area contributed by atoms with Crippen molar-refractivity contribution >= 4 is 5.97 Å². The Labute approximate surface area is 439 Å². The highest BCUT2D eigenvalue weighted by molar-refractivity contribution is 5.69. The molecule has 0 aromatic heterocycles. The van der Waals surface area contributed by atoms with E-state index in [9.17, 15) is 47.8 Å². The van der Waals surface area contributed by atoms with E-state index in [1.807, 2.05) is 11.1 Å². The molecule has 0 heterocycles. The molecule has 15 heteroatoms. The standard InChI is InChI=1S/C62H55F9N4O2/c1-77-33(76)3-2-12-58(31-13-30(20(17-74)18-75)32(14-29(31)19(15-72)16-73)59(63,64)60(65,66)61(67,68)62(69,70)71)56-42-27-10-8-25-23-6-4-21-22-5-7-24-26-9-11-28-41-39(26)46-37(24)35(22)44-34(21)36(23)45-38(25)40(27)47-49(42)50(43(28)57(56)58)48(41)55-53(46)51(44)52(45)54(47)55/h4,6,8,10,13,21-28,32,34-44,46-51,53-57H,2-3,5,7,9,11-12,14H2,1H3. The van der Waals surface area contributed by atoms with E-state index < -0.39 is 70.0 Å². The Bertz CT molecular complexity index is 3240. The monoisotopic (exact) mass is 1060 g/mol. The largest absolute Gasteiger partial charge is 0.469 e. The van der Waals surface area contributed by atoms with Crippen molar-refractivity contribution in [1.29, 1.82) is 21.0 Å². The van der Waals surface area contributed by atoms with Crippen molar-refractivity contribution in [3.63, 3.8) is 0 Å². The maximum atomic E-state index is 16.8. The minimum Gasteiger partial charge on any atom is -0.469 e. The number of carbonyl (C=O) groups is 1. The second-order valence-corrected chi connectivity index (χ2v) is 28.4. The number of hydrogen-bond donors (Lipinski definition) is 0. The lowest BCUT2D eigenvalue weighted by Crippen LogP contribution is -2.63. The van der Waals surface area contributed by atoms with Crippen LogP contribution in [0, 0.1) is 234 Å². The lowest BCUT2D eigenvalue weighted by molar-refractivity contribution is -0.401. The highest BCUT2D eigenvalue weighted by atomic mass is 19.4. The minimum absolute atomic E-state index is 0.0262. The van der Waals surface area contributed by atoms with Crippen LogP contribution in [-0.2, 0) is 9.53 Å². The predicted octanol–water partition coefficient (Wildman–Crippen LogP) is 12.1. The van der Waals surface area contributed by atoms with Crippen LogP contribution >= 0.6 is 0 Å². The molecule has 0 spiro atoms. The third-order valence-electron chi connectivity index (χ3n) is 28.3. The van der Waals surface area contributed by atoms with Gasteiger partial charge in [-0.25, -0.2) is 0 Å². The van der Waals surface area contributed by atoms with Gasteiger partial charge in [-0.3, -0.25) is 4.79 Å². The molecule has 0 N–H and O–H groups in total. The van der Waals surface area contributed by atoms with Crippen molar-refractivity contribution in [3.05, 3.63) is 69.4 Å². The average Bonchev–Trinajstić information content (AvgIpc) is 3.85. The summed E-state index contributed by atoms with van der Waals surface area (Å²) in [6.07, 6.45) is 7.99. The predicted molar refractivity (Wildman–Crippen MR) is 250 cm³/mol. The molecule has 0 radical (unpaired) electrons. The maximum absolute atomic E-state index is 16.8. The second-order valence-electron chi connectivity index (χ2n) is 28.4. The summed E-state index contributed by atoms with van der Waals surface area (Å²) in [6, 6.07) is 6.53. The molecule has 6 nitrogen and oxygen atoms in total. The molecule has 0 aromatic rings. The van der Waals surface area contributed by atoms with Crippen LogP contribution < -0.4 is 0 Å². The number of methoxy groups -OCH3 is 1. The first-order valence-electron chi connectivity index (χ1n) is 29.1. The van der Waals surface area contributed by atoms with Crippen LogP contribution in [0.4, 0.5) is 39.5 Å². The van der Waals surface area contributed by atoms with Gasteiger partial charge in [-0.05, 0) is 239 Å². The number of esters is 1. The maximum Gasteiger partial charge on any atom is 0.460 e. The molecule has 0 saturated heterocycles. The SMILES string of the molecule is COC(=O)CCCC1(C2=CC(=C(C#N)C#N)C(C(F)(F)C(F)(F)C(F)(F)C(F)(F)F)CC2=C(C#N)C#N)C2C3C4C=CC5C6C=CC7C8CCC9C%10CCC%11C%12C%10C%10C9C8C8C9C%13=C(C6C78)C5C4C4C%13C(C9%10)C%12C(C43)C%11C21. The lowest BCUT2D eigenvalue weighted by Gasteiger charge is -2.61. The highest BCUT2D eigenvalue weighted by Gasteiger charge is 2.91.